The van der Waals surface area contributed by atoms with E-state index in [9.17, 15) is 9.59 Å². The van der Waals surface area contributed by atoms with Crippen LogP contribution in [0.4, 0.5) is 4.79 Å². The molecular formula is C10H17N3O3S2. The molecule has 0 aromatic heterocycles. The van der Waals surface area contributed by atoms with Crippen molar-refractivity contribution in [3.05, 3.63) is 0 Å². The Hall–Kier alpha value is -0.890. The minimum absolute atomic E-state index is 0.0478. The maximum Gasteiger partial charge on any atom is 0.433 e. The molecule has 0 aromatic rings. The van der Waals surface area contributed by atoms with Gasteiger partial charge in [-0.25, -0.2) is 4.79 Å². The second-order valence-electron chi connectivity index (χ2n) is 4.16. The Labute approximate surface area is 115 Å². The number of oxime groups is 1. The molecule has 0 radical (unpaired) electrons. The summed E-state index contributed by atoms with van der Waals surface area (Å²) in [6, 6.07) is 0. The zero-order chi connectivity index (χ0) is 13.6. The number of amides is 2. The molecule has 0 bridgehead atoms. The first-order valence-electron chi connectivity index (χ1n) is 5.42. The third kappa shape index (κ3) is 4.77. The van der Waals surface area contributed by atoms with Gasteiger partial charge in [0.05, 0.1) is 11.3 Å². The van der Waals surface area contributed by atoms with Crippen LogP contribution in [-0.2, 0) is 9.63 Å². The van der Waals surface area contributed by atoms with Crippen molar-refractivity contribution >= 4 is 40.6 Å². The molecule has 1 fully saturated rings. The van der Waals surface area contributed by atoms with Gasteiger partial charge < -0.3 is 10.6 Å². The first-order chi connectivity index (χ1) is 8.45. The average Bonchev–Trinajstić information content (AvgIpc) is 2.27. The standard InChI is InChI=1S/C10H17N3O3S2/c1-10(2)8(18-6-7(14)12-10)13-16-9(15)11-4-5-17-3/h4-6H2,1-3H3,(H,11,15)(H,12,14). The number of hydrogen-bond donors (Lipinski definition) is 2. The minimum Gasteiger partial charge on any atom is -0.344 e. The lowest BCUT2D eigenvalue weighted by molar-refractivity contribution is -0.119. The van der Waals surface area contributed by atoms with E-state index in [-0.39, 0.29) is 5.91 Å². The first-order valence-corrected chi connectivity index (χ1v) is 7.79. The normalized spacial score (nSPS) is 20.4. The SMILES string of the molecule is CSCCNC(=O)ON=C1SCC(=O)NC1(C)C. The van der Waals surface area contributed by atoms with Gasteiger partial charge in [-0.15, -0.1) is 0 Å². The molecule has 2 N–H and O–H groups in total. The molecule has 0 atom stereocenters. The van der Waals surface area contributed by atoms with Gasteiger partial charge in [-0.2, -0.15) is 11.8 Å². The average molecular weight is 291 g/mol. The summed E-state index contributed by atoms with van der Waals surface area (Å²) in [5, 5.41) is 9.73. The molecule has 1 aliphatic heterocycles. The number of hydrogen-bond acceptors (Lipinski definition) is 6. The Morgan fingerprint density at radius 2 is 2.39 bits per heavy atom. The van der Waals surface area contributed by atoms with Gasteiger partial charge in [0.1, 0.15) is 5.04 Å². The van der Waals surface area contributed by atoms with Crippen LogP contribution in [-0.4, -0.2) is 46.9 Å². The van der Waals surface area contributed by atoms with Crippen LogP contribution >= 0.6 is 23.5 Å². The molecule has 1 heterocycles. The molecule has 0 spiro atoms. The van der Waals surface area contributed by atoms with E-state index in [0.29, 0.717) is 17.3 Å². The van der Waals surface area contributed by atoms with Crippen LogP contribution < -0.4 is 10.6 Å². The third-order valence-corrected chi connectivity index (χ3v) is 3.99. The van der Waals surface area contributed by atoms with Gasteiger partial charge in [0, 0.05) is 12.3 Å². The highest BCUT2D eigenvalue weighted by Gasteiger charge is 2.33. The van der Waals surface area contributed by atoms with E-state index in [1.54, 1.807) is 11.8 Å². The van der Waals surface area contributed by atoms with Gasteiger partial charge in [0.25, 0.3) is 0 Å². The van der Waals surface area contributed by atoms with E-state index in [1.807, 2.05) is 20.1 Å². The highest BCUT2D eigenvalue weighted by Crippen LogP contribution is 2.22. The fourth-order valence-corrected chi connectivity index (χ4v) is 2.41. The monoisotopic (exact) mass is 291 g/mol. The fraction of sp³-hybridized carbons (Fsp3) is 0.700. The highest BCUT2D eigenvalue weighted by molar-refractivity contribution is 8.14. The van der Waals surface area contributed by atoms with Crippen molar-refractivity contribution in [3.63, 3.8) is 0 Å². The Kier molecular flexibility index (Phi) is 5.80. The Morgan fingerprint density at radius 1 is 1.67 bits per heavy atom. The molecular weight excluding hydrogens is 274 g/mol. The van der Waals surface area contributed by atoms with Crippen molar-refractivity contribution in [1.29, 1.82) is 0 Å². The van der Waals surface area contributed by atoms with Crippen LogP contribution in [0.25, 0.3) is 0 Å². The summed E-state index contributed by atoms with van der Waals surface area (Å²) in [5.41, 5.74) is -0.598. The van der Waals surface area contributed by atoms with Crippen molar-refractivity contribution in [3.8, 4) is 0 Å². The zero-order valence-electron chi connectivity index (χ0n) is 10.6. The third-order valence-electron chi connectivity index (χ3n) is 2.11. The van der Waals surface area contributed by atoms with Gasteiger partial charge in [0.15, 0.2) is 0 Å². The first kappa shape index (κ1) is 15.2. The summed E-state index contributed by atoms with van der Waals surface area (Å²) in [6.07, 6.45) is 1.38. The minimum atomic E-state index is -0.598. The number of carbonyl (C=O) groups is 2. The molecule has 2 amide bonds. The number of nitrogens with one attached hydrogen (secondary N) is 2. The van der Waals surface area contributed by atoms with E-state index in [1.165, 1.54) is 11.8 Å². The molecule has 1 aliphatic rings. The van der Waals surface area contributed by atoms with E-state index >= 15 is 0 Å². The summed E-state index contributed by atoms with van der Waals surface area (Å²) in [5.74, 6) is 1.06. The van der Waals surface area contributed by atoms with E-state index in [4.69, 9.17) is 4.84 Å². The molecule has 0 saturated carbocycles. The van der Waals surface area contributed by atoms with Crippen LogP contribution in [0.1, 0.15) is 13.8 Å². The van der Waals surface area contributed by atoms with Crippen molar-refractivity contribution in [2.75, 3.05) is 24.3 Å². The number of carbonyl (C=O) groups excluding carboxylic acids is 2. The molecule has 18 heavy (non-hydrogen) atoms. The summed E-state index contributed by atoms with van der Waals surface area (Å²) >= 11 is 2.91. The molecule has 0 unspecified atom stereocenters. The van der Waals surface area contributed by atoms with Crippen molar-refractivity contribution in [2.24, 2.45) is 5.16 Å². The Morgan fingerprint density at radius 3 is 3.00 bits per heavy atom. The summed E-state index contributed by atoms with van der Waals surface area (Å²) in [7, 11) is 0. The van der Waals surface area contributed by atoms with Gasteiger partial charge in [-0.3, -0.25) is 9.63 Å². The Bertz CT molecular complexity index is 358. The number of rotatable bonds is 4. The van der Waals surface area contributed by atoms with E-state index in [2.05, 4.69) is 15.8 Å². The second kappa shape index (κ2) is 6.89. The zero-order valence-corrected chi connectivity index (χ0v) is 12.2. The van der Waals surface area contributed by atoms with Crippen molar-refractivity contribution in [1.82, 2.24) is 10.6 Å². The van der Waals surface area contributed by atoms with Crippen molar-refractivity contribution in [2.45, 2.75) is 19.4 Å². The van der Waals surface area contributed by atoms with Gasteiger partial charge in [-0.1, -0.05) is 16.9 Å². The molecule has 6 nitrogen and oxygen atoms in total. The van der Waals surface area contributed by atoms with Crippen LogP contribution in [0.3, 0.4) is 0 Å². The maximum atomic E-state index is 11.3. The van der Waals surface area contributed by atoms with E-state index < -0.39 is 11.6 Å². The second-order valence-corrected chi connectivity index (χ2v) is 6.11. The van der Waals surface area contributed by atoms with Crippen molar-refractivity contribution < 1.29 is 14.4 Å². The largest absolute Gasteiger partial charge is 0.433 e. The van der Waals surface area contributed by atoms with E-state index in [0.717, 1.165) is 5.75 Å². The number of thioether (sulfide) groups is 2. The van der Waals surface area contributed by atoms with Gasteiger partial charge in [0.2, 0.25) is 5.91 Å². The fourth-order valence-electron chi connectivity index (χ4n) is 1.26. The Balaban J connectivity index is 2.46. The maximum absolute atomic E-state index is 11.3. The van der Waals surface area contributed by atoms with Gasteiger partial charge in [-0.05, 0) is 20.1 Å². The molecule has 0 aromatic carbocycles. The summed E-state index contributed by atoms with van der Waals surface area (Å²) < 4.78 is 0. The predicted octanol–water partition coefficient (Wildman–Crippen LogP) is 1.03. The smallest absolute Gasteiger partial charge is 0.344 e. The van der Waals surface area contributed by atoms with Crippen LogP contribution in [0.15, 0.2) is 5.16 Å². The summed E-state index contributed by atoms with van der Waals surface area (Å²) in [6.45, 7) is 4.16. The molecule has 8 heteroatoms. The van der Waals surface area contributed by atoms with Crippen LogP contribution in [0.2, 0.25) is 0 Å². The lowest BCUT2D eigenvalue weighted by Crippen LogP contribution is -2.53. The predicted molar refractivity (Wildman–Crippen MR) is 75.0 cm³/mol. The van der Waals surface area contributed by atoms with Gasteiger partial charge >= 0.3 is 6.09 Å². The lowest BCUT2D eigenvalue weighted by atomic mass is 10.1. The lowest BCUT2D eigenvalue weighted by Gasteiger charge is -2.30. The number of nitrogens with zero attached hydrogens (tertiary/aromatic N) is 1. The molecule has 102 valence electrons. The topological polar surface area (TPSA) is 79.8 Å². The molecule has 1 rings (SSSR count). The molecule has 1 saturated heterocycles. The van der Waals surface area contributed by atoms with Crippen LogP contribution in [0, 0.1) is 0 Å². The highest BCUT2D eigenvalue weighted by atomic mass is 32.2. The summed E-state index contributed by atoms with van der Waals surface area (Å²) in [4.78, 5) is 27.3. The van der Waals surface area contributed by atoms with Crippen LogP contribution in [0.5, 0.6) is 0 Å². The molecule has 0 aliphatic carbocycles. The quantitative estimate of drug-likeness (QED) is 0.459.